The van der Waals surface area contributed by atoms with Crippen molar-refractivity contribution in [2.24, 2.45) is 4.99 Å². The Labute approximate surface area is 153 Å². The van der Waals surface area contributed by atoms with Gasteiger partial charge >= 0.3 is 0 Å². The monoisotopic (exact) mass is 364 g/mol. The number of nitrogens with one attached hydrogen (secondary N) is 2. The van der Waals surface area contributed by atoms with Crippen LogP contribution in [0.4, 0.5) is 0 Å². The molecular weight excluding hydrogens is 348 g/mol. The van der Waals surface area contributed by atoms with E-state index in [1.54, 1.807) is 22.9 Å². The zero-order chi connectivity index (χ0) is 17.9. The zero-order valence-electron chi connectivity index (χ0n) is 13.7. The van der Waals surface area contributed by atoms with Crippen molar-refractivity contribution in [1.82, 2.24) is 15.6 Å². The maximum absolute atomic E-state index is 12.2. The molecule has 1 aromatic heterocycles. The van der Waals surface area contributed by atoms with E-state index in [4.69, 9.17) is 0 Å². The Bertz CT molecular complexity index is 1010. The van der Waals surface area contributed by atoms with Crippen LogP contribution in [0.5, 0.6) is 0 Å². The van der Waals surface area contributed by atoms with Crippen molar-refractivity contribution in [1.29, 1.82) is 0 Å². The summed E-state index contributed by atoms with van der Waals surface area (Å²) in [5.74, 6) is 0.0842. The first-order chi connectivity index (χ1) is 12.7. The third-order valence-electron chi connectivity index (χ3n) is 4.04. The number of aliphatic hydroxyl groups is 1. The summed E-state index contributed by atoms with van der Waals surface area (Å²) in [5, 5.41) is 15.3. The van der Waals surface area contributed by atoms with Gasteiger partial charge in [0.25, 0.3) is 5.91 Å². The fourth-order valence-corrected chi connectivity index (χ4v) is 3.46. The van der Waals surface area contributed by atoms with E-state index >= 15 is 0 Å². The quantitative estimate of drug-likeness (QED) is 0.621. The highest BCUT2D eigenvalue weighted by Crippen LogP contribution is 2.21. The molecule has 0 aliphatic carbocycles. The van der Waals surface area contributed by atoms with Crippen molar-refractivity contribution in [3.05, 3.63) is 70.9 Å². The van der Waals surface area contributed by atoms with E-state index in [-0.39, 0.29) is 12.5 Å². The second-order valence-corrected chi connectivity index (χ2v) is 6.69. The van der Waals surface area contributed by atoms with E-state index in [0.29, 0.717) is 11.7 Å². The molecule has 26 heavy (non-hydrogen) atoms. The first-order valence-electron chi connectivity index (χ1n) is 8.10. The standard InChI is InChI=1S/C19H16N4O2S/c24-10-16(13-4-2-1-3-5-13)22-19-21-15(18(25)23-19)8-12-6-7-14-17(9-12)26-11-20-14/h1-9,11,16,24H,10H2,(H2,21,22,23,25)/b15-8-. The van der Waals surface area contributed by atoms with Crippen molar-refractivity contribution in [3.63, 3.8) is 0 Å². The van der Waals surface area contributed by atoms with Crippen LogP contribution in [0.1, 0.15) is 17.2 Å². The molecular formula is C19H16N4O2S. The molecule has 2 heterocycles. The molecule has 130 valence electrons. The Hall–Kier alpha value is -3.03. The highest BCUT2D eigenvalue weighted by Gasteiger charge is 2.23. The van der Waals surface area contributed by atoms with Crippen molar-refractivity contribution in [2.45, 2.75) is 6.04 Å². The fourth-order valence-electron chi connectivity index (χ4n) is 2.74. The summed E-state index contributed by atoms with van der Waals surface area (Å²) in [5.41, 5.74) is 4.94. The van der Waals surface area contributed by atoms with Crippen LogP contribution in [0.25, 0.3) is 16.3 Å². The Morgan fingerprint density at radius 3 is 2.85 bits per heavy atom. The Kier molecular flexibility index (Phi) is 4.47. The molecule has 0 spiro atoms. The van der Waals surface area contributed by atoms with Crippen LogP contribution in [-0.2, 0) is 4.79 Å². The second kappa shape index (κ2) is 7.07. The number of rotatable bonds is 4. The minimum absolute atomic E-state index is 0.147. The first-order valence-corrected chi connectivity index (χ1v) is 8.98. The normalized spacial score (nSPS) is 18.3. The summed E-state index contributed by atoms with van der Waals surface area (Å²) in [4.78, 5) is 20.9. The summed E-state index contributed by atoms with van der Waals surface area (Å²) in [6.45, 7) is -0.147. The molecule has 1 atom stereocenters. The summed E-state index contributed by atoms with van der Waals surface area (Å²) in [7, 11) is 0. The van der Waals surface area contributed by atoms with E-state index in [1.807, 2.05) is 48.5 Å². The minimum atomic E-state index is -0.438. The van der Waals surface area contributed by atoms with Gasteiger partial charge < -0.3 is 10.4 Å². The van der Waals surface area contributed by atoms with Crippen LogP contribution in [0.2, 0.25) is 0 Å². The lowest BCUT2D eigenvalue weighted by Crippen LogP contribution is -2.26. The Morgan fingerprint density at radius 1 is 1.19 bits per heavy atom. The van der Waals surface area contributed by atoms with Gasteiger partial charge in [0.2, 0.25) is 5.96 Å². The zero-order valence-corrected chi connectivity index (χ0v) is 14.5. The van der Waals surface area contributed by atoms with Crippen LogP contribution in [0, 0.1) is 0 Å². The number of aliphatic imine (C=N–C) groups is 1. The number of carbonyl (C=O) groups excluding carboxylic acids is 1. The molecule has 4 rings (SSSR count). The number of thiazole rings is 1. The van der Waals surface area contributed by atoms with Crippen LogP contribution in [-0.4, -0.2) is 28.6 Å². The molecule has 1 unspecified atom stereocenters. The third-order valence-corrected chi connectivity index (χ3v) is 4.83. The highest BCUT2D eigenvalue weighted by molar-refractivity contribution is 7.16. The lowest BCUT2D eigenvalue weighted by atomic mass is 10.1. The van der Waals surface area contributed by atoms with Gasteiger partial charge in [-0.15, -0.1) is 11.3 Å². The molecule has 1 fully saturated rings. The topological polar surface area (TPSA) is 86.6 Å². The minimum Gasteiger partial charge on any atom is -0.394 e. The molecule has 1 aliphatic rings. The van der Waals surface area contributed by atoms with Crippen LogP contribution < -0.4 is 10.6 Å². The van der Waals surface area contributed by atoms with E-state index in [9.17, 15) is 9.90 Å². The number of amides is 1. The predicted molar refractivity (Wildman–Crippen MR) is 103 cm³/mol. The van der Waals surface area contributed by atoms with E-state index in [2.05, 4.69) is 20.6 Å². The molecule has 0 bridgehead atoms. The number of benzene rings is 2. The lowest BCUT2D eigenvalue weighted by molar-refractivity contribution is -0.115. The lowest BCUT2D eigenvalue weighted by Gasteiger charge is -2.10. The molecule has 7 heteroatoms. The number of aliphatic hydroxyl groups excluding tert-OH is 1. The van der Waals surface area contributed by atoms with Crippen molar-refractivity contribution >= 4 is 39.5 Å². The molecule has 1 aliphatic heterocycles. The average molecular weight is 364 g/mol. The maximum Gasteiger partial charge on any atom is 0.274 e. The Balaban J connectivity index is 1.57. The van der Waals surface area contributed by atoms with Crippen molar-refractivity contribution in [2.75, 3.05) is 6.61 Å². The van der Waals surface area contributed by atoms with Crippen LogP contribution >= 0.6 is 11.3 Å². The van der Waals surface area contributed by atoms with E-state index in [0.717, 1.165) is 21.3 Å². The van der Waals surface area contributed by atoms with Crippen molar-refractivity contribution < 1.29 is 9.90 Å². The fraction of sp³-hybridized carbons (Fsp3) is 0.105. The smallest absolute Gasteiger partial charge is 0.274 e. The van der Waals surface area contributed by atoms with Gasteiger partial charge in [0, 0.05) is 0 Å². The van der Waals surface area contributed by atoms with Crippen molar-refractivity contribution in [3.8, 4) is 0 Å². The van der Waals surface area contributed by atoms with Gasteiger partial charge in [0.15, 0.2) is 0 Å². The number of hydrogen-bond acceptors (Lipinski definition) is 5. The largest absolute Gasteiger partial charge is 0.394 e. The van der Waals surface area contributed by atoms with Gasteiger partial charge in [-0.25, -0.2) is 9.98 Å². The van der Waals surface area contributed by atoms with Crippen LogP contribution in [0.15, 0.2) is 64.7 Å². The predicted octanol–water partition coefficient (Wildman–Crippen LogP) is 2.45. The third kappa shape index (κ3) is 3.35. The van der Waals surface area contributed by atoms with E-state index in [1.165, 1.54) is 0 Å². The molecule has 3 N–H and O–H groups in total. The van der Waals surface area contributed by atoms with Gasteiger partial charge in [0.1, 0.15) is 11.7 Å². The highest BCUT2D eigenvalue weighted by atomic mass is 32.1. The molecule has 1 saturated heterocycles. The van der Waals surface area contributed by atoms with E-state index < -0.39 is 6.04 Å². The molecule has 1 amide bonds. The van der Waals surface area contributed by atoms with Gasteiger partial charge in [-0.2, -0.15) is 0 Å². The van der Waals surface area contributed by atoms with Gasteiger partial charge in [-0.3, -0.25) is 10.1 Å². The number of aromatic nitrogens is 1. The average Bonchev–Trinajstić information content (AvgIpc) is 3.26. The van der Waals surface area contributed by atoms with Gasteiger partial charge in [0.05, 0.1) is 22.3 Å². The molecule has 0 saturated carbocycles. The number of hydrogen-bond donors (Lipinski definition) is 3. The summed E-state index contributed by atoms with van der Waals surface area (Å²) >= 11 is 1.56. The van der Waals surface area contributed by atoms with Gasteiger partial charge in [-0.1, -0.05) is 36.4 Å². The van der Waals surface area contributed by atoms with Crippen LogP contribution in [0.3, 0.4) is 0 Å². The SMILES string of the molecule is O=C1NC(=NC(CO)c2ccccc2)N/C1=C\c1ccc2ncsc2c1. The summed E-state index contributed by atoms with van der Waals surface area (Å²) in [6.07, 6.45) is 1.77. The number of carbonyl (C=O) groups is 1. The number of fused-ring (bicyclic) bond motifs is 1. The number of nitrogens with zero attached hydrogens (tertiary/aromatic N) is 2. The molecule has 6 nitrogen and oxygen atoms in total. The molecule has 2 aromatic carbocycles. The molecule has 0 radical (unpaired) electrons. The summed E-state index contributed by atoms with van der Waals surface area (Å²) in [6, 6.07) is 14.9. The van der Waals surface area contributed by atoms with Gasteiger partial charge in [-0.05, 0) is 29.3 Å². The second-order valence-electron chi connectivity index (χ2n) is 5.80. The molecule has 3 aromatic rings. The Morgan fingerprint density at radius 2 is 2.04 bits per heavy atom. The maximum atomic E-state index is 12.2. The first kappa shape index (κ1) is 16.4. The number of guanidine groups is 1. The summed E-state index contributed by atoms with van der Waals surface area (Å²) < 4.78 is 1.07.